The number of nitrogens with two attached hydrogens (primary N) is 1. The fraction of sp³-hybridized carbons (Fsp3) is 0.188. The summed E-state index contributed by atoms with van der Waals surface area (Å²) in [4.78, 5) is 16.5. The normalized spacial score (nSPS) is 10.7. The molecule has 0 fully saturated rings. The Kier molecular flexibility index (Phi) is 4.50. The highest BCUT2D eigenvalue weighted by Crippen LogP contribution is 2.27. The third kappa shape index (κ3) is 3.64. The number of rotatable bonds is 5. The van der Waals surface area contributed by atoms with E-state index in [4.69, 9.17) is 10.3 Å². The first-order valence-corrected chi connectivity index (χ1v) is 7.99. The topological polar surface area (TPSA) is 94.0 Å². The fourth-order valence-electron chi connectivity index (χ4n) is 2.20. The van der Waals surface area contributed by atoms with Gasteiger partial charge in [0.25, 0.3) is 0 Å². The maximum absolute atomic E-state index is 12.0. The van der Waals surface area contributed by atoms with E-state index in [1.54, 1.807) is 13.0 Å². The Balaban J connectivity index is 1.71. The van der Waals surface area contributed by atoms with Crippen LogP contribution in [0.4, 0.5) is 5.82 Å². The molecule has 0 aliphatic rings. The van der Waals surface area contributed by atoms with Crippen molar-refractivity contribution in [1.29, 1.82) is 0 Å². The highest BCUT2D eigenvalue weighted by molar-refractivity contribution is 7.13. The van der Waals surface area contributed by atoms with Gasteiger partial charge in [-0.2, -0.15) is 0 Å². The predicted octanol–water partition coefficient (Wildman–Crippen LogP) is 2.75. The number of carbonyl (C=O) groups is 1. The third-order valence-electron chi connectivity index (χ3n) is 3.26. The molecular formula is C16H16N4O2S. The molecule has 0 aliphatic heterocycles. The summed E-state index contributed by atoms with van der Waals surface area (Å²) in [6.45, 7) is 2.22. The summed E-state index contributed by atoms with van der Waals surface area (Å²) in [5.41, 5.74) is 8.53. The van der Waals surface area contributed by atoms with Crippen LogP contribution in [0.3, 0.4) is 0 Å². The minimum absolute atomic E-state index is 0.178. The van der Waals surface area contributed by atoms with E-state index in [9.17, 15) is 4.79 Å². The number of benzene rings is 1. The van der Waals surface area contributed by atoms with Crippen molar-refractivity contribution in [3.8, 4) is 10.6 Å². The van der Waals surface area contributed by atoms with Gasteiger partial charge in [-0.1, -0.05) is 29.4 Å². The largest absolute Gasteiger partial charge is 0.360 e. The molecule has 118 valence electrons. The van der Waals surface area contributed by atoms with Gasteiger partial charge in [0, 0.05) is 23.6 Å². The average Bonchev–Trinajstić information content (AvgIpc) is 3.16. The zero-order chi connectivity index (χ0) is 16.2. The fourth-order valence-corrected chi connectivity index (χ4v) is 3.08. The molecule has 0 aliphatic carbocycles. The number of amides is 1. The van der Waals surface area contributed by atoms with Crippen molar-refractivity contribution in [3.63, 3.8) is 0 Å². The standard InChI is InChI=1S/C16H16N4O2S/c1-10-6-14(20-22-10)19-15(21)7-12-9-23-16(18-12)13-5-3-2-4-11(13)8-17/h2-6,9H,7-8,17H2,1H3,(H,19,20,21). The number of aromatic nitrogens is 2. The number of nitrogens with zero attached hydrogens (tertiary/aromatic N) is 2. The van der Waals surface area contributed by atoms with Crippen molar-refractivity contribution < 1.29 is 9.32 Å². The summed E-state index contributed by atoms with van der Waals surface area (Å²) in [7, 11) is 0. The van der Waals surface area contributed by atoms with Gasteiger partial charge in [-0.3, -0.25) is 4.79 Å². The Morgan fingerprint density at radius 1 is 1.39 bits per heavy atom. The molecule has 6 nitrogen and oxygen atoms in total. The number of hydrogen-bond donors (Lipinski definition) is 2. The van der Waals surface area contributed by atoms with Gasteiger partial charge in [0.05, 0.1) is 12.1 Å². The van der Waals surface area contributed by atoms with Gasteiger partial charge in [0.15, 0.2) is 5.82 Å². The summed E-state index contributed by atoms with van der Waals surface area (Å²) < 4.78 is 4.91. The Hall–Kier alpha value is -2.51. The molecule has 0 spiro atoms. The van der Waals surface area contributed by atoms with Crippen LogP contribution in [-0.2, 0) is 17.8 Å². The van der Waals surface area contributed by atoms with Crippen LogP contribution in [0.15, 0.2) is 40.2 Å². The predicted molar refractivity (Wildman–Crippen MR) is 89.0 cm³/mol. The molecule has 7 heteroatoms. The third-order valence-corrected chi connectivity index (χ3v) is 4.18. The van der Waals surface area contributed by atoms with Gasteiger partial charge >= 0.3 is 0 Å². The van der Waals surface area contributed by atoms with E-state index in [1.807, 2.05) is 29.6 Å². The van der Waals surface area contributed by atoms with E-state index in [0.29, 0.717) is 18.1 Å². The molecule has 3 N–H and O–H groups in total. The van der Waals surface area contributed by atoms with Gasteiger partial charge in [-0.05, 0) is 12.5 Å². The number of hydrogen-bond acceptors (Lipinski definition) is 6. The Labute approximate surface area is 137 Å². The molecular weight excluding hydrogens is 312 g/mol. The van der Waals surface area contributed by atoms with Crippen molar-refractivity contribution in [2.24, 2.45) is 5.73 Å². The van der Waals surface area contributed by atoms with Crippen LogP contribution in [0.2, 0.25) is 0 Å². The summed E-state index contributed by atoms with van der Waals surface area (Å²) in [6, 6.07) is 9.55. The molecule has 2 aromatic heterocycles. The lowest BCUT2D eigenvalue weighted by Gasteiger charge is -2.03. The van der Waals surface area contributed by atoms with E-state index in [0.717, 1.165) is 21.8 Å². The zero-order valence-corrected chi connectivity index (χ0v) is 13.4. The Bertz CT molecular complexity index is 825. The van der Waals surface area contributed by atoms with Crippen molar-refractivity contribution in [1.82, 2.24) is 10.1 Å². The second-order valence-corrected chi connectivity index (χ2v) is 5.91. The van der Waals surface area contributed by atoms with Crippen LogP contribution >= 0.6 is 11.3 Å². The smallest absolute Gasteiger partial charge is 0.231 e. The minimum atomic E-state index is -0.178. The quantitative estimate of drug-likeness (QED) is 0.751. The van der Waals surface area contributed by atoms with Crippen molar-refractivity contribution in [3.05, 3.63) is 52.7 Å². The molecule has 0 radical (unpaired) electrons. The highest BCUT2D eigenvalue weighted by atomic mass is 32.1. The summed E-state index contributed by atoms with van der Waals surface area (Å²) in [6.07, 6.45) is 0.188. The monoisotopic (exact) mass is 328 g/mol. The van der Waals surface area contributed by atoms with Crippen LogP contribution in [0.5, 0.6) is 0 Å². The van der Waals surface area contributed by atoms with Crippen molar-refractivity contribution in [2.75, 3.05) is 5.32 Å². The average molecular weight is 328 g/mol. The van der Waals surface area contributed by atoms with Gasteiger partial charge in [0.1, 0.15) is 10.8 Å². The molecule has 2 heterocycles. The molecule has 0 unspecified atom stereocenters. The van der Waals surface area contributed by atoms with Crippen LogP contribution in [0, 0.1) is 6.92 Å². The molecule has 3 aromatic rings. The van der Waals surface area contributed by atoms with E-state index in [1.165, 1.54) is 11.3 Å². The Morgan fingerprint density at radius 2 is 2.22 bits per heavy atom. The van der Waals surface area contributed by atoms with Crippen molar-refractivity contribution >= 4 is 23.1 Å². The molecule has 1 amide bonds. The zero-order valence-electron chi connectivity index (χ0n) is 12.6. The maximum atomic E-state index is 12.0. The summed E-state index contributed by atoms with van der Waals surface area (Å²) >= 11 is 1.50. The summed E-state index contributed by atoms with van der Waals surface area (Å²) in [5.74, 6) is 0.883. The Morgan fingerprint density at radius 3 is 2.96 bits per heavy atom. The SMILES string of the molecule is Cc1cc(NC(=O)Cc2csc(-c3ccccc3CN)n2)no1. The number of thiazole rings is 1. The number of nitrogens with one attached hydrogen (secondary N) is 1. The highest BCUT2D eigenvalue weighted by Gasteiger charge is 2.12. The van der Waals surface area contributed by atoms with E-state index >= 15 is 0 Å². The first-order chi connectivity index (χ1) is 11.2. The van der Waals surface area contributed by atoms with Crippen LogP contribution in [0.1, 0.15) is 17.0 Å². The van der Waals surface area contributed by atoms with Crippen LogP contribution < -0.4 is 11.1 Å². The number of anilines is 1. The number of carbonyl (C=O) groups excluding carboxylic acids is 1. The first kappa shape index (κ1) is 15.4. The lowest BCUT2D eigenvalue weighted by molar-refractivity contribution is -0.115. The molecule has 0 saturated carbocycles. The number of aryl methyl sites for hydroxylation is 1. The van der Waals surface area contributed by atoms with E-state index in [2.05, 4.69) is 15.5 Å². The lowest BCUT2D eigenvalue weighted by atomic mass is 10.1. The second-order valence-electron chi connectivity index (χ2n) is 5.05. The molecule has 1 aromatic carbocycles. The molecule has 0 atom stereocenters. The maximum Gasteiger partial charge on any atom is 0.231 e. The van der Waals surface area contributed by atoms with Gasteiger partial charge < -0.3 is 15.6 Å². The van der Waals surface area contributed by atoms with Crippen LogP contribution in [-0.4, -0.2) is 16.0 Å². The van der Waals surface area contributed by atoms with Crippen LogP contribution in [0.25, 0.3) is 10.6 Å². The van der Waals surface area contributed by atoms with Gasteiger partial charge in [-0.15, -0.1) is 11.3 Å². The van der Waals surface area contributed by atoms with E-state index in [-0.39, 0.29) is 12.3 Å². The van der Waals surface area contributed by atoms with E-state index < -0.39 is 0 Å². The van der Waals surface area contributed by atoms with Gasteiger partial charge in [0.2, 0.25) is 5.91 Å². The molecule has 0 bridgehead atoms. The van der Waals surface area contributed by atoms with Crippen molar-refractivity contribution in [2.45, 2.75) is 19.9 Å². The summed E-state index contributed by atoms with van der Waals surface area (Å²) in [5, 5.41) is 9.17. The molecule has 23 heavy (non-hydrogen) atoms. The minimum Gasteiger partial charge on any atom is -0.360 e. The first-order valence-electron chi connectivity index (χ1n) is 7.11. The second kappa shape index (κ2) is 6.72. The molecule has 0 saturated heterocycles. The van der Waals surface area contributed by atoms with Gasteiger partial charge in [-0.25, -0.2) is 4.98 Å². The molecule has 3 rings (SSSR count). The lowest BCUT2D eigenvalue weighted by Crippen LogP contribution is -2.14.